The van der Waals surface area contributed by atoms with Gasteiger partial charge in [-0.25, -0.2) is 0 Å². The fraction of sp³-hybridized carbons (Fsp3) is 0.800. The number of aromatic nitrogens is 2. The van der Waals surface area contributed by atoms with E-state index < -0.39 is 0 Å². The van der Waals surface area contributed by atoms with E-state index in [2.05, 4.69) is 30.2 Å². The summed E-state index contributed by atoms with van der Waals surface area (Å²) in [6.45, 7) is 3.84. The van der Waals surface area contributed by atoms with Crippen LogP contribution in [0.5, 0.6) is 0 Å². The summed E-state index contributed by atoms with van der Waals surface area (Å²) in [5.74, 6) is 0. The van der Waals surface area contributed by atoms with E-state index in [1.165, 1.54) is 37.7 Å². The first-order chi connectivity index (χ1) is 9.26. The first-order valence-corrected chi connectivity index (χ1v) is 7.70. The largest absolute Gasteiger partial charge is 0.329 e. The third-order valence-corrected chi connectivity index (χ3v) is 4.36. The first kappa shape index (κ1) is 14.5. The molecule has 0 aromatic carbocycles. The lowest BCUT2D eigenvalue weighted by Gasteiger charge is -2.36. The van der Waals surface area contributed by atoms with Crippen LogP contribution in [0.1, 0.15) is 57.1 Å². The highest BCUT2D eigenvalue weighted by Gasteiger charge is 2.25. The van der Waals surface area contributed by atoms with Crippen molar-refractivity contribution in [3.05, 3.63) is 18.0 Å². The summed E-state index contributed by atoms with van der Waals surface area (Å²) in [7, 11) is 2.23. The molecule has 0 amide bonds. The molecule has 0 spiro atoms. The molecule has 2 N–H and O–H groups in total. The third kappa shape index (κ3) is 3.57. The van der Waals surface area contributed by atoms with Crippen LogP contribution in [0.15, 0.2) is 12.4 Å². The zero-order valence-corrected chi connectivity index (χ0v) is 12.4. The van der Waals surface area contributed by atoms with Crippen LogP contribution in [0.2, 0.25) is 0 Å². The average molecular weight is 264 g/mol. The monoisotopic (exact) mass is 264 g/mol. The second kappa shape index (κ2) is 7.06. The Bertz CT molecular complexity index is 368. The van der Waals surface area contributed by atoms with Gasteiger partial charge in [-0.15, -0.1) is 0 Å². The fourth-order valence-electron chi connectivity index (χ4n) is 3.18. The Morgan fingerprint density at radius 1 is 1.42 bits per heavy atom. The fourth-order valence-corrected chi connectivity index (χ4v) is 3.18. The van der Waals surface area contributed by atoms with Crippen LogP contribution in [0.4, 0.5) is 0 Å². The second-order valence-electron chi connectivity index (χ2n) is 5.75. The van der Waals surface area contributed by atoms with Gasteiger partial charge in [0.15, 0.2) is 0 Å². The standard InChI is InChI=1S/C15H28N4/c1-3-9-19-12-13(11-17-19)15(10-16)18(2)14-7-5-4-6-8-14/h11-12,14-15H,3-10,16H2,1-2H3. The number of hydrogen-bond acceptors (Lipinski definition) is 3. The highest BCUT2D eigenvalue weighted by atomic mass is 15.3. The molecule has 1 fully saturated rings. The van der Waals surface area contributed by atoms with E-state index in [9.17, 15) is 0 Å². The molecule has 1 atom stereocenters. The number of aryl methyl sites for hydroxylation is 1. The Balaban J connectivity index is 2.04. The molecule has 19 heavy (non-hydrogen) atoms. The van der Waals surface area contributed by atoms with Crippen LogP contribution >= 0.6 is 0 Å². The molecule has 0 saturated heterocycles. The van der Waals surface area contributed by atoms with E-state index in [0.29, 0.717) is 18.6 Å². The minimum Gasteiger partial charge on any atom is -0.329 e. The molecule has 1 saturated carbocycles. The van der Waals surface area contributed by atoms with Crippen molar-refractivity contribution in [2.45, 2.75) is 64.1 Å². The molecule has 108 valence electrons. The van der Waals surface area contributed by atoms with Crippen molar-refractivity contribution in [2.75, 3.05) is 13.6 Å². The summed E-state index contributed by atoms with van der Waals surface area (Å²) < 4.78 is 2.03. The van der Waals surface area contributed by atoms with Gasteiger partial charge in [-0.2, -0.15) is 5.10 Å². The Hall–Kier alpha value is -0.870. The van der Waals surface area contributed by atoms with Gasteiger partial charge in [-0.1, -0.05) is 26.2 Å². The molecule has 4 nitrogen and oxygen atoms in total. The van der Waals surface area contributed by atoms with Crippen molar-refractivity contribution in [3.63, 3.8) is 0 Å². The van der Waals surface area contributed by atoms with Crippen LogP contribution in [0, 0.1) is 0 Å². The van der Waals surface area contributed by atoms with Crippen molar-refractivity contribution < 1.29 is 0 Å². The van der Waals surface area contributed by atoms with E-state index in [0.717, 1.165) is 13.0 Å². The summed E-state index contributed by atoms with van der Waals surface area (Å²) >= 11 is 0. The van der Waals surface area contributed by atoms with Crippen LogP contribution in [0.3, 0.4) is 0 Å². The Morgan fingerprint density at radius 3 is 2.79 bits per heavy atom. The summed E-state index contributed by atoms with van der Waals surface area (Å²) in [4.78, 5) is 2.48. The SMILES string of the molecule is CCCn1cc(C(CN)N(C)C2CCCCC2)cn1. The maximum atomic E-state index is 6.02. The molecule has 4 heteroatoms. The van der Waals surface area contributed by atoms with Crippen molar-refractivity contribution in [3.8, 4) is 0 Å². The molecule has 1 aliphatic rings. The van der Waals surface area contributed by atoms with E-state index in [4.69, 9.17) is 5.73 Å². The molecule has 1 aromatic heterocycles. The maximum absolute atomic E-state index is 6.02. The van der Waals surface area contributed by atoms with Gasteiger partial charge in [0.05, 0.1) is 12.2 Å². The normalized spacial score (nSPS) is 18.9. The zero-order valence-electron chi connectivity index (χ0n) is 12.4. The molecule has 0 aliphatic heterocycles. The topological polar surface area (TPSA) is 47.1 Å². The van der Waals surface area contributed by atoms with Crippen molar-refractivity contribution in [1.82, 2.24) is 14.7 Å². The van der Waals surface area contributed by atoms with Crippen LogP contribution in [-0.4, -0.2) is 34.3 Å². The molecule has 1 heterocycles. The van der Waals surface area contributed by atoms with Gasteiger partial charge in [0.25, 0.3) is 0 Å². The lowest BCUT2D eigenvalue weighted by Crippen LogP contribution is -2.39. The number of rotatable bonds is 6. The summed E-state index contributed by atoms with van der Waals surface area (Å²) in [5.41, 5.74) is 7.28. The number of nitrogens with two attached hydrogens (primary N) is 1. The minimum absolute atomic E-state index is 0.314. The maximum Gasteiger partial charge on any atom is 0.0538 e. The third-order valence-electron chi connectivity index (χ3n) is 4.36. The average Bonchev–Trinajstić information content (AvgIpc) is 2.89. The van der Waals surface area contributed by atoms with Crippen LogP contribution in [-0.2, 0) is 6.54 Å². The molecule has 0 radical (unpaired) electrons. The van der Waals surface area contributed by atoms with Crippen molar-refractivity contribution >= 4 is 0 Å². The number of likely N-dealkylation sites (N-methyl/N-ethyl adjacent to an activating group) is 1. The highest BCUT2D eigenvalue weighted by molar-refractivity contribution is 5.11. The Morgan fingerprint density at radius 2 is 2.16 bits per heavy atom. The van der Waals surface area contributed by atoms with Gasteiger partial charge in [0.1, 0.15) is 0 Å². The lowest BCUT2D eigenvalue weighted by molar-refractivity contribution is 0.140. The van der Waals surface area contributed by atoms with Crippen molar-refractivity contribution in [2.24, 2.45) is 5.73 Å². The molecule has 0 bridgehead atoms. The molecule has 1 aromatic rings. The molecule has 2 rings (SSSR count). The van der Waals surface area contributed by atoms with Crippen molar-refractivity contribution in [1.29, 1.82) is 0 Å². The quantitative estimate of drug-likeness (QED) is 0.859. The van der Waals surface area contributed by atoms with E-state index in [1.807, 2.05) is 10.9 Å². The summed E-state index contributed by atoms with van der Waals surface area (Å²) in [6.07, 6.45) is 12.0. The lowest BCUT2D eigenvalue weighted by atomic mass is 9.93. The minimum atomic E-state index is 0.314. The predicted octanol–water partition coefficient (Wildman–Crippen LogP) is 2.56. The Kier molecular flexibility index (Phi) is 5.40. The smallest absolute Gasteiger partial charge is 0.0538 e. The first-order valence-electron chi connectivity index (χ1n) is 7.70. The molecule has 1 aliphatic carbocycles. The predicted molar refractivity (Wildman–Crippen MR) is 78.9 cm³/mol. The number of nitrogens with zero attached hydrogens (tertiary/aromatic N) is 3. The van der Waals surface area contributed by atoms with E-state index in [-0.39, 0.29) is 0 Å². The zero-order chi connectivity index (χ0) is 13.7. The molecule has 1 unspecified atom stereocenters. The Labute approximate surface area is 117 Å². The second-order valence-corrected chi connectivity index (χ2v) is 5.75. The summed E-state index contributed by atoms with van der Waals surface area (Å²) in [6, 6.07) is 1.01. The summed E-state index contributed by atoms with van der Waals surface area (Å²) in [5, 5.41) is 4.44. The number of hydrogen-bond donors (Lipinski definition) is 1. The van der Waals surface area contributed by atoms with Gasteiger partial charge in [0, 0.05) is 30.9 Å². The molecular weight excluding hydrogens is 236 g/mol. The van der Waals surface area contributed by atoms with Gasteiger partial charge >= 0.3 is 0 Å². The van der Waals surface area contributed by atoms with Gasteiger partial charge in [0.2, 0.25) is 0 Å². The van der Waals surface area contributed by atoms with Crippen LogP contribution in [0.25, 0.3) is 0 Å². The van der Waals surface area contributed by atoms with Gasteiger partial charge in [-0.05, 0) is 26.3 Å². The van der Waals surface area contributed by atoms with E-state index in [1.54, 1.807) is 0 Å². The van der Waals surface area contributed by atoms with E-state index >= 15 is 0 Å². The van der Waals surface area contributed by atoms with Gasteiger partial charge < -0.3 is 5.73 Å². The molecular formula is C15H28N4. The van der Waals surface area contributed by atoms with Crippen LogP contribution < -0.4 is 5.73 Å². The van der Waals surface area contributed by atoms with Gasteiger partial charge in [-0.3, -0.25) is 9.58 Å². The highest BCUT2D eigenvalue weighted by Crippen LogP contribution is 2.28.